The number of nitrogens with zero attached hydrogens (tertiary/aromatic N) is 1. The number of fused-ring (bicyclic) bond motifs is 1. The lowest BCUT2D eigenvalue weighted by atomic mass is 10.2. The van der Waals surface area contributed by atoms with Crippen LogP contribution in [-0.2, 0) is 16.1 Å². The summed E-state index contributed by atoms with van der Waals surface area (Å²) in [7, 11) is 0. The molecule has 0 radical (unpaired) electrons. The second kappa shape index (κ2) is 4.18. The van der Waals surface area contributed by atoms with Crippen molar-refractivity contribution in [2.24, 2.45) is 0 Å². The Morgan fingerprint density at radius 2 is 2.12 bits per heavy atom. The number of phenols is 1. The van der Waals surface area contributed by atoms with Gasteiger partial charge in [0.1, 0.15) is 12.4 Å². The first-order chi connectivity index (χ1) is 7.65. The summed E-state index contributed by atoms with van der Waals surface area (Å²) >= 11 is 0. The van der Waals surface area contributed by atoms with E-state index in [-0.39, 0.29) is 18.3 Å². The first kappa shape index (κ1) is 10.4. The van der Waals surface area contributed by atoms with E-state index in [1.54, 1.807) is 24.3 Å². The van der Waals surface area contributed by atoms with Crippen LogP contribution in [0.25, 0.3) is 10.9 Å². The summed E-state index contributed by atoms with van der Waals surface area (Å²) in [5, 5.41) is 10.2. The van der Waals surface area contributed by atoms with E-state index in [0.29, 0.717) is 11.2 Å². The van der Waals surface area contributed by atoms with Crippen LogP contribution in [0.15, 0.2) is 30.3 Å². The Balaban J connectivity index is 2.31. The number of carbonyl (C=O) groups is 1. The molecule has 1 aromatic heterocycles. The van der Waals surface area contributed by atoms with E-state index in [9.17, 15) is 9.90 Å². The fourth-order valence-electron chi connectivity index (χ4n) is 1.40. The Kier molecular flexibility index (Phi) is 2.72. The lowest BCUT2D eigenvalue weighted by molar-refractivity contribution is -0.142. The predicted molar refractivity (Wildman–Crippen MR) is 58.9 cm³/mol. The van der Waals surface area contributed by atoms with E-state index in [2.05, 4.69) is 4.98 Å². The molecule has 0 spiro atoms. The van der Waals surface area contributed by atoms with E-state index < -0.39 is 0 Å². The number of aromatic hydroxyl groups is 1. The highest BCUT2D eigenvalue weighted by atomic mass is 16.5. The van der Waals surface area contributed by atoms with E-state index in [4.69, 9.17) is 4.74 Å². The number of esters is 1. The first-order valence-electron chi connectivity index (χ1n) is 4.87. The molecule has 0 atom stereocenters. The third-order valence-corrected chi connectivity index (χ3v) is 2.16. The number of aromatic nitrogens is 1. The fourth-order valence-corrected chi connectivity index (χ4v) is 1.40. The fraction of sp³-hybridized carbons (Fsp3) is 0.167. The van der Waals surface area contributed by atoms with E-state index in [0.717, 1.165) is 5.39 Å². The van der Waals surface area contributed by atoms with Gasteiger partial charge in [-0.15, -0.1) is 0 Å². The van der Waals surface area contributed by atoms with Gasteiger partial charge in [-0.1, -0.05) is 6.07 Å². The van der Waals surface area contributed by atoms with E-state index >= 15 is 0 Å². The molecule has 0 aliphatic heterocycles. The van der Waals surface area contributed by atoms with Crippen LogP contribution < -0.4 is 0 Å². The van der Waals surface area contributed by atoms with Crippen LogP contribution in [-0.4, -0.2) is 16.1 Å². The van der Waals surface area contributed by atoms with Crippen molar-refractivity contribution in [1.29, 1.82) is 0 Å². The van der Waals surface area contributed by atoms with Crippen LogP contribution in [0.5, 0.6) is 5.75 Å². The minimum absolute atomic E-state index is 0.154. The van der Waals surface area contributed by atoms with Gasteiger partial charge in [-0.2, -0.15) is 0 Å². The van der Waals surface area contributed by atoms with Gasteiger partial charge < -0.3 is 9.84 Å². The van der Waals surface area contributed by atoms with Gasteiger partial charge in [-0.3, -0.25) is 4.79 Å². The van der Waals surface area contributed by atoms with Crippen LogP contribution in [0.1, 0.15) is 12.6 Å². The van der Waals surface area contributed by atoms with Crippen molar-refractivity contribution in [3.05, 3.63) is 36.0 Å². The van der Waals surface area contributed by atoms with E-state index in [1.165, 1.54) is 6.92 Å². The Morgan fingerprint density at radius 3 is 2.88 bits per heavy atom. The standard InChI is InChI=1S/C12H11NO3/c1-8(14)16-7-10-4-2-9-3-5-11(15)6-12(9)13-10/h2-6,15H,7H2,1H3. The maximum Gasteiger partial charge on any atom is 0.303 e. The lowest BCUT2D eigenvalue weighted by Gasteiger charge is -2.03. The number of benzene rings is 1. The molecule has 4 heteroatoms. The molecule has 82 valence electrons. The average molecular weight is 217 g/mol. The maximum atomic E-state index is 10.6. The molecular weight excluding hydrogens is 206 g/mol. The molecular formula is C12H11NO3. The molecule has 1 heterocycles. The zero-order valence-corrected chi connectivity index (χ0v) is 8.80. The highest BCUT2D eigenvalue weighted by Gasteiger charge is 2.01. The number of carbonyl (C=O) groups excluding carboxylic acids is 1. The monoisotopic (exact) mass is 217 g/mol. The van der Waals surface area contributed by atoms with Crippen molar-refractivity contribution >= 4 is 16.9 Å². The molecule has 0 saturated heterocycles. The van der Waals surface area contributed by atoms with Crippen LogP contribution in [0, 0.1) is 0 Å². The SMILES string of the molecule is CC(=O)OCc1ccc2ccc(O)cc2n1. The molecule has 0 saturated carbocycles. The lowest BCUT2D eigenvalue weighted by Crippen LogP contribution is -2.00. The van der Waals surface area contributed by atoms with Gasteiger partial charge >= 0.3 is 5.97 Å². The van der Waals surface area contributed by atoms with Gasteiger partial charge in [0.2, 0.25) is 0 Å². The van der Waals surface area contributed by atoms with Gasteiger partial charge in [-0.05, 0) is 18.2 Å². The van der Waals surface area contributed by atoms with Crippen LogP contribution in [0.4, 0.5) is 0 Å². The second-order valence-electron chi connectivity index (χ2n) is 3.46. The zero-order chi connectivity index (χ0) is 11.5. The Labute approximate surface area is 92.5 Å². The van der Waals surface area contributed by atoms with Gasteiger partial charge in [-0.25, -0.2) is 4.98 Å². The molecule has 0 unspecified atom stereocenters. The number of ether oxygens (including phenoxy) is 1. The molecule has 0 fully saturated rings. The van der Waals surface area contributed by atoms with Gasteiger partial charge in [0.15, 0.2) is 0 Å². The van der Waals surface area contributed by atoms with Crippen LogP contribution >= 0.6 is 0 Å². The number of hydrogen-bond acceptors (Lipinski definition) is 4. The molecule has 0 aliphatic carbocycles. The summed E-state index contributed by atoms with van der Waals surface area (Å²) in [4.78, 5) is 14.9. The van der Waals surface area contributed by atoms with Crippen molar-refractivity contribution in [1.82, 2.24) is 4.98 Å². The molecule has 4 nitrogen and oxygen atoms in total. The molecule has 0 bridgehead atoms. The highest BCUT2D eigenvalue weighted by Crippen LogP contribution is 2.18. The smallest absolute Gasteiger partial charge is 0.303 e. The van der Waals surface area contributed by atoms with Crippen LogP contribution in [0.3, 0.4) is 0 Å². The molecule has 1 aromatic carbocycles. The molecule has 1 N–H and O–H groups in total. The summed E-state index contributed by atoms with van der Waals surface area (Å²) in [6.07, 6.45) is 0. The van der Waals surface area contributed by atoms with Gasteiger partial charge in [0, 0.05) is 18.4 Å². The second-order valence-corrected chi connectivity index (χ2v) is 3.46. The summed E-state index contributed by atoms with van der Waals surface area (Å²) in [5.74, 6) is -0.164. The van der Waals surface area contributed by atoms with Crippen molar-refractivity contribution in [2.45, 2.75) is 13.5 Å². The number of rotatable bonds is 2. The minimum Gasteiger partial charge on any atom is -0.508 e. The van der Waals surface area contributed by atoms with Crippen LogP contribution in [0.2, 0.25) is 0 Å². The first-order valence-corrected chi connectivity index (χ1v) is 4.87. The number of pyridine rings is 1. The number of phenolic OH excluding ortho intramolecular Hbond substituents is 1. The van der Waals surface area contributed by atoms with E-state index in [1.807, 2.05) is 6.07 Å². The summed E-state index contributed by atoms with van der Waals surface area (Å²) < 4.78 is 4.84. The minimum atomic E-state index is -0.335. The Bertz CT molecular complexity index is 537. The van der Waals surface area contributed by atoms with Crippen molar-refractivity contribution < 1.29 is 14.6 Å². The van der Waals surface area contributed by atoms with Gasteiger partial charge in [0.25, 0.3) is 0 Å². The molecule has 16 heavy (non-hydrogen) atoms. The maximum absolute atomic E-state index is 10.6. The van der Waals surface area contributed by atoms with Crippen molar-refractivity contribution in [2.75, 3.05) is 0 Å². The largest absolute Gasteiger partial charge is 0.508 e. The Morgan fingerprint density at radius 1 is 1.38 bits per heavy atom. The summed E-state index contributed by atoms with van der Waals surface area (Å²) in [5.41, 5.74) is 1.35. The van der Waals surface area contributed by atoms with Crippen molar-refractivity contribution in [3.63, 3.8) is 0 Å². The third kappa shape index (κ3) is 2.28. The normalized spacial score (nSPS) is 10.3. The molecule has 0 aliphatic rings. The molecule has 2 aromatic rings. The average Bonchev–Trinajstić information content (AvgIpc) is 2.25. The highest BCUT2D eigenvalue weighted by molar-refractivity contribution is 5.80. The van der Waals surface area contributed by atoms with Gasteiger partial charge in [0.05, 0.1) is 11.2 Å². The topological polar surface area (TPSA) is 59.4 Å². The third-order valence-electron chi connectivity index (χ3n) is 2.16. The Hall–Kier alpha value is -2.10. The quantitative estimate of drug-likeness (QED) is 0.781. The molecule has 0 amide bonds. The number of hydrogen-bond donors (Lipinski definition) is 1. The predicted octanol–water partition coefficient (Wildman–Crippen LogP) is 2.00. The van der Waals surface area contributed by atoms with Crippen molar-refractivity contribution in [3.8, 4) is 5.75 Å². The summed E-state index contributed by atoms with van der Waals surface area (Å²) in [6, 6.07) is 8.64. The zero-order valence-electron chi connectivity index (χ0n) is 8.80. The molecule has 2 rings (SSSR count). The summed E-state index contributed by atoms with van der Waals surface area (Å²) in [6.45, 7) is 1.51.